The smallest absolute Gasteiger partial charge is 0.264 e. The number of sulfonamides is 1. The Morgan fingerprint density at radius 1 is 0.975 bits per heavy atom. The van der Waals surface area contributed by atoms with Crippen LogP contribution in [-0.2, 0) is 26.2 Å². The van der Waals surface area contributed by atoms with Gasteiger partial charge in [0.1, 0.15) is 18.3 Å². The van der Waals surface area contributed by atoms with Gasteiger partial charge in [-0.3, -0.25) is 13.9 Å². The molecule has 0 saturated carbocycles. The lowest BCUT2D eigenvalue weighted by Gasteiger charge is -2.33. The predicted octanol–water partition coefficient (Wildman–Crippen LogP) is 5.45. The molecule has 1 N–H and O–H groups in total. The number of anilines is 1. The molecular formula is C29H33Cl2N3O5S. The van der Waals surface area contributed by atoms with Crippen LogP contribution >= 0.6 is 23.2 Å². The van der Waals surface area contributed by atoms with Gasteiger partial charge in [-0.2, -0.15) is 0 Å². The molecule has 3 aromatic carbocycles. The average Bonchev–Trinajstić information content (AvgIpc) is 2.93. The number of aryl methyl sites for hydroxylation is 1. The first-order chi connectivity index (χ1) is 19.0. The van der Waals surface area contributed by atoms with Crippen LogP contribution in [0.2, 0.25) is 10.0 Å². The first-order valence-corrected chi connectivity index (χ1v) is 15.0. The zero-order chi connectivity index (χ0) is 29.4. The van der Waals surface area contributed by atoms with Crippen LogP contribution in [0.15, 0.2) is 71.6 Å². The zero-order valence-corrected chi connectivity index (χ0v) is 25.2. The topological polar surface area (TPSA) is 96.0 Å². The van der Waals surface area contributed by atoms with Crippen LogP contribution in [0.5, 0.6) is 5.75 Å². The van der Waals surface area contributed by atoms with Crippen LogP contribution in [0.1, 0.15) is 31.4 Å². The largest absolute Gasteiger partial charge is 0.495 e. The summed E-state index contributed by atoms with van der Waals surface area (Å²) in [6.45, 7) is 5.23. The maximum absolute atomic E-state index is 14.1. The molecule has 0 aliphatic rings. The third kappa shape index (κ3) is 7.27. The molecule has 0 unspecified atom stereocenters. The van der Waals surface area contributed by atoms with Gasteiger partial charge in [-0.1, -0.05) is 66.0 Å². The van der Waals surface area contributed by atoms with Crippen LogP contribution in [-0.4, -0.2) is 51.4 Å². The van der Waals surface area contributed by atoms with Crippen LogP contribution in [0.25, 0.3) is 0 Å². The monoisotopic (exact) mass is 605 g/mol. The molecular weight excluding hydrogens is 573 g/mol. The van der Waals surface area contributed by atoms with Crippen molar-refractivity contribution >= 4 is 50.7 Å². The minimum absolute atomic E-state index is 0.00963. The summed E-state index contributed by atoms with van der Waals surface area (Å²) in [7, 11) is -2.79. The summed E-state index contributed by atoms with van der Waals surface area (Å²) in [5, 5.41) is 3.42. The van der Waals surface area contributed by atoms with Gasteiger partial charge in [0.25, 0.3) is 10.0 Å². The highest BCUT2D eigenvalue weighted by Crippen LogP contribution is 2.33. The lowest BCUT2D eigenvalue weighted by atomic mass is 10.1. The van der Waals surface area contributed by atoms with Gasteiger partial charge >= 0.3 is 0 Å². The lowest BCUT2D eigenvalue weighted by molar-refractivity contribution is -0.140. The van der Waals surface area contributed by atoms with E-state index in [1.807, 2.05) is 6.92 Å². The van der Waals surface area contributed by atoms with E-state index in [1.165, 1.54) is 24.1 Å². The van der Waals surface area contributed by atoms with Crippen LogP contribution in [0.4, 0.5) is 5.69 Å². The number of hydrogen-bond acceptors (Lipinski definition) is 5. The fourth-order valence-electron chi connectivity index (χ4n) is 4.23. The van der Waals surface area contributed by atoms with Gasteiger partial charge in [0.15, 0.2) is 0 Å². The van der Waals surface area contributed by atoms with Crippen molar-refractivity contribution in [3.63, 3.8) is 0 Å². The van der Waals surface area contributed by atoms with Gasteiger partial charge in [-0.15, -0.1) is 0 Å². The fraction of sp³-hybridized carbons (Fsp3) is 0.310. The molecule has 214 valence electrons. The standard InChI is InChI=1S/C29H33Cl2N3O5S/c1-5-25(29(36)32-6-2)33(18-21-13-16-23(30)24(31)17-21)28(35)19-34(26-9-7-8-10-27(26)39-4)40(37,38)22-14-11-20(3)12-15-22/h7-17,25H,5-6,18-19H2,1-4H3,(H,32,36)/t25-/m0/s1. The van der Waals surface area contributed by atoms with Crippen LogP contribution in [0, 0.1) is 6.92 Å². The van der Waals surface area contributed by atoms with E-state index in [9.17, 15) is 18.0 Å². The van der Waals surface area contributed by atoms with Crippen molar-refractivity contribution in [3.05, 3.63) is 87.9 Å². The van der Waals surface area contributed by atoms with Crippen molar-refractivity contribution in [2.24, 2.45) is 0 Å². The summed E-state index contributed by atoms with van der Waals surface area (Å²) in [5.41, 5.74) is 1.72. The van der Waals surface area contributed by atoms with E-state index in [0.29, 0.717) is 28.6 Å². The second-order valence-electron chi connectivity index (χ2n) is 9.09. The van der Waals surface area contributed by atoms with Gasteiger partial charge < -0.3 is 15.0 Å². The number of methoxy groups -OCH3 is 1. The van der Waals surface area contributed by atoms with Crippen molar-refractivity contribution < 1.29 is 22.7 Å². The van der Waals surface area contributed by atoms with E-state index in [-0.39, 0.29) is 28.8 Å². The fourth-order valence-corrected chi connectivity index (χ4v) is 5.98. The summed E-state index contributed by atoms with van der Waals surface area (Å²) < 4.78 is 34.4. The Balaban J connectivity index is 2.11. The highest BCUT2D eigenvalue weighted by Gasteiger charge is 2.34. The predicted molar refractivity (Wildman–Crippen MR) is 158 cm³/mol. The van der Waals surface area contributed by atoms with E-state index in [0.717, 1.165) is 9.87 Å². The van der Waals surface area contributed by atoms with Crippen molar-refractivity contribution in [1.82, 2.24) is 10.2 Å². The minimum atomic E-state index is -4.21. The molecule has 0 aliphatic carbocycles. The maximum atomic E-state index is 14.1. The third-order valence-electron chi connectivity index (χ3n) is 6.32. The van der Waals surface area contributed by atoms with E-state index in [1.54, 1.807) is 68.4 Å². The Bertz CT molecular complexity index is 1450. The highest BCUT2D eigenvalue weighted by molar-refractivity contribution is 7.92. The van der Waals surface area contributed by atoms with Gasteiger partial charge in [0.2, 0.25) is 11.8 Å². The Kier molecular flexibility index (Phi) is 10.8. The van der Waals surface area contributed by atoms with Crippen molar-refractivity contribution in [1.29, 1.82) is 0 Å². The van der Waals surface area contributed by atoms with Crippen molar-refractivity contribution in [2.75, 3.05) is 24.5 Å². The number of rotatable bonds is 12. The number of likely N-dealkylation sites (N-methyl/N-ethyl adjacent to an activating group) is 1. The molecule has 2 amide bonds. The van der Waals surface area contributed by atoms with Crippen LogP contribution < -0.4 is 14.4 Å². The molecule has 0 bridgehead atoms. The number of benzene rings is 3. The van der Waals surface area contributed by atoms with E-state index < -0.39 is 28.5 Å². The first kappa shape index (κ1) is 31.3. The summed E-state index contributed by atoms with van der Waals surface area (Å²) >= 11 is 12.3. The van der Waals surface area contributed by atoms with Gasteiger partial charge in [-0.25, -0.2) is 8.42 Å². The number of para-hydroxylation sites is 2. The molecule has 8 nitrogen and oxygen atoms in total. The maximum Gasteiger partial charge on any atom is 0.264 e. The van der Waals surface area contributed by atoms with Crippen molar-refractivity contribution in [3.8, 4) is 5.75 Å². The molecule has 3 rings (SSSR count). The second kappa shape index (κ2) is 13.9. The molecule has 0 radical (unpaired) electrons. The second-order valence-corrected chi connectivity index (χ2v) is 11.8. The Labute approximate surface area is 245 Å². The Morgan fingerprint density at radius 2 is 1.65 bits per heavy atom. The molecule has 0 aliphatic heterocycles. The van der Waals surface area contributed by atoms with Gasteiger partial charge in [-0.05, 0) is 62.2 Å². The normalized spacial score (nSPS) is 11.9. The molecule has 0 fully saturated rings. The molecule has 0 heterocycles. The summed E-state index contributed by atoms with van der Waals surface area (Å²) in [5.74, 6) is -0.646. The molecule has 40 heavy (non-hydrogen) atoms. The SMILES string of the molecule is CCNC(=O)[C@H](CC)N(Cc1ccc(Cl)c(Cl)c1)C(=O)CN(c1ccccc1OC)S(=O)(=O)c1ccc(C)cc1. The highest BCUT2D eigenvalue weighted by atomic mass is 35.5. The quantitative estimate of drug-likeness (QED) is 0.296. The zero-order valence-electron chi connectivity index (χ0n) is 22.9. The average molecular weight is 607 g/mol. The van der Waals surface area contributed by atoms with Crippen LogP contribution in [0.3, 0.4) is 0 Å². The molecule has 0 aromatic heterocycles. The van der Waals surface area contributed by atoms with E-state index in [2.05, 4.69) is 5.32 Å². The number of nitrogens with one attached hydrogen (secondary N) is 1. The van der Waals surface area contributed by atoms with Gasteiger partial charge in [0, 0.05) is 13.1 Å². The lowest BCUT2D eigenvalue weighted by Crippen LogP contribution is -2.52. The number of halogens is 2. The number of carbonyl (C=O) groups excluding carboxylic acids is 2. The number of ether oxygens (including phenoxy) is 1. The number of nitrogens with zero attached hydrogens (tertiary/aromatic N) is 2. The number of carbonyl (C=O) groups is 2. The molecule has 3 aromatic rings. The summed E-state index contributed by atoms with van der Waals surface area (Å²) in [6.07, 6.45) is 0.304. The van der Waals surface area contributed by atoms with E-state index in [4.69, 9.17) is 27.9 Å². The van der Waals surface area contributed by atoms with Gasteiger partial charge in [0.05, 0.1) is 27.7 Å². The summed E-state index contributed by atoms with van der Waals surface area (Å²) in [6, 6.07) is 17.0. The molecule has 11 heteroatoms. The molecule has 1 atom stereocenters. The van der Waals surface area contributed by atoms with Crippen molar-refractivity contribution in [2.45, 2.75) is 44.7 Å². The minimum Gasteiger partial charge on any atom is -0.495 e. The third-order valence-corrected chi connectivity index (χ3v) is 8.83. The number of amides is 2. The molecule has 0 saturated heterocycles. The first-order valence-electron chi connectivity index (χ1n) is 12.8. The molecule has 0 spiro atoms. The van der Waals surface area contributed by atoms with E-state index >= 15 is 0 Å². The summed E-state index contributed by atoms with van der Waals surface area (Å²) in [4.78, 5) is 28.5. The number of hydrogen-bond donors (Lipinski definition) is 1. The Hall–Kier alpha value is -3.27. The Morgan fingerprint density at radius 3 is 2.25 bits per heavy atom.